The van der Waals surface area contributed by atoms with E-state index in [4.69, 9.17) is 9.15 Å². The minimum absolute atomic E-state index is 0.212. The van der Waals surface area contributed by atoms with Gasteiger partial charge in [-0.1, -0.05) is 30.3 Å². The van der Waals surface area contributed by atoms with E-state index >= 15 is 0 Å². The normalized spacial score (nSPS) is 15.2. The highest BCUT2D eigenvalue weighted by atomic mass is 32.2. The summed E-state index contributed by atoms with van der Waals surface area (Å²) in [5, 5.41) is 12.9. The molecule has 35 heavy (non-hydrogen) atoms. The van der Waals surface area contributed by atoms with Crippen molar-refractivity contribution in [3.63, 3.8) is 0 Å². The summed E-state index contributed by atoms with van der Waals surface area (Å²) in [6.07, 6.45) is 1.46. The molecule has 2 aromatic carbocycles. The third kappa shape index (κ3) is 5.88. The van der Waals surface area contributed by atoms with Gasteiger partial charge in [-0.15, -0.1) is 0 Å². The minimum Gasteiger partial charge on any atom is -0.487 e. The molecule has 8 heteroatoms. The van der Waals surface area contributed by atoms with Gasteiger partial charge in [0.15, 0.2) is 0 Å². The molecule has 0 saturated heterocycles. The predicted octanol–water partition coefficient (Wildman–Crippen LogP) is 4.25. The third-order valence-corrected chi connectivity index (χ3v) is 7.32. The van der Waals surface area contributed by atoms with Crippen molar-refractivity contribution in [3.8, 4) is 5.75 Å². The largest absolute Gasteiger partial charge is 0.487 e. The minimum atomic E-state index is -1.12. The molecule has 0 bridgehead atoms. The Bertz CT molecular complexity index is 1310. The Hall–Kier alpha value is -3.26. The predicted molar refractivity (Wildman–Crippen MR) is 136 cm³/mol. The second-order valence-corrected chi connectivity index (χ2v) is 10.5. The van der Waals surface area contributed by atoms with Crippen molar-refractivity contribution in [1.82, 2.24) is 5.32 Å². The molecular weight excluding hydrogens is 466 g/mol. The van der Waals surface area contributed by atoms with Gasteiger partial charge in [0.2, 0.25) is 5.91 Å². The molecule has 2 N–H and O–H groups in total. The van der Waals surface area contributed by atoms with Crippen LogP contribution in [0.4, 0.5) is 0 Å². The number of amides is 1. The number of aryl methyl sites for hydroxylation is 2. The van der Waals surface area contributed by atoms with Crippen LogP contribution >= 0.6 is 11.8 Å². The molecule has 0 saturated carbocycles. The summed E-state index contributed by atoms with van der Waals surface area (Å²) in [5.74, 6) is -0.0895. The second-order valence-electron chi connectivity index (χ2n) is 9.45. The average molecular weight is 496 g/mol. The van der Waals surface area contributed by atoms with Crippen LogP contribution in [0.3, 0.4) is 0 Å². The van der Waals surface area contributed by atoms with E-state index in [1.54, 1.807) is 13.0 Å². The Morgan fingerprint density at radius 1 is 1.20 bits per heavy atom. The molecule has 0 aliphatic carbocycles. The van der Waals surface area contributed by atoms with Crippen LogP contribution in [0, 0.1) is 6.92 Å². The fraction of sp³-hybridized carbons (Fsp3) is 0.370. The monoisotopic (exact) mass is 495 g/mol. The lowest BCUT2D eigenvalue weighted by Crippen LogP contribution is -2.43. The quantitative estimate of drug-likeness (QED) is 0.450. The van der Waals surface area contributed by atoms with Gasteiger partial charge in [0.1, 0.15) is 23.0 Å². The summed E-state index contributed by atoms with van der Waals surface area (Å²) in [6.45, 7) is 5.83. The summed E-state index contributed by atoms with van der Waals surface area (Å²) in [7, 11) is 0. The van der Waals surface area contributed by atoms with Crippen LogP contribution in [0.25, 0.3) is 11.0 Å². The first kappa shape index (κ1) is 24.9. The van der Waals surface area contributed by atoms with Crippen molar-refractivity contribution in [3.05, 3.63) is 75.1 Å². The highest BCUT2D eigenvalue weighted by Gasteiger charge is 2.28. The zero-order chi connectivity index (χ0) is 25.2. The Morgan fingerprint density at radius 3 is 2.66 bits per heavy atom. The molecule has 7 nitrogen and oxygen atoms in total. The summed E-state index contributed by atoms with van der Waals surface area (Å²) < 4.78 is 11.6. The number of carbonyl (C=O) groups excluding carboxylic acids is 1. The van der Waals surface area contributed by atoms with Crippen molar-refractivity contribution in [2.75, 3.05) is 5.75 Å². The zero-order valence-corrected chi connectivity index (χ0v) is 20.9. The van der Waals surface area contributed by atoms with E-state index in [9.17, 15) is 19.5 Å². The Morgan fingerprint density at radius 2 is 1.94 bits per heavy atom. The molecule has 1 aromatic heterocycles. The fourth-order valence-electron chi connectivity index (χ4n) is 4.19. The zero-order valence-electron chi connectivity index (χ0n) is 20.1. The van der Waals surface area contributed by atoms with Gasteiger partial charge in [-0.2, -0.15) is 11.8 Å². The highest BCUT2D eigenvalue weighted by Crippen LogP contribution is 2.36. The van der Waals surface area contributed by atoms with Crippen LogP contribution in [0.5, 0.6) is 5.75 Å². The number of thioether (sulfide) groups is 1. The van der Waals surface area contributed by atoms with E-state index in [0.717, 1.165) is 29.4 Å². The number of hydrogen-bond acceptors (Lipinski definition) is 6. The molecule has 1 aliphatic heterocycles. The topological polar surface area (TPSA) is 106 Å². The van der Waals surface area contributed by atoms with Gasteiger partial charge >= 0.3 is 11.6 Å². The Labute approximate surface area is 207 Å². The van der Waals surface area contributed by atoms with Crippen molar-refractivity contribution in [2.45, 2.75) is 57.4 Å². The molecule has 1 aliphatic rings. The first-order chi connectivity index (χ1) is 16.6. The van der Waals surface area contributed by atoms with E-state index in [-0.39, 0.29) is 23.3 Å². The smallest absolute Gasteiger partial charge is 0.340 e. The molecule has 4 rings (SSSR count). The molecule has 2 heterocycles. The first-order valence-corrected chi connectivity index (χ1v) is 12.7. The maximum atomic E-state index is 12.7. The third-order valence-electron chi connectivity index (χ3n) is 6.22. The molecule has 3 aromatic rings. The number of hydrogen-bond donors (Lipinski definition) is 2. The lowest BCUT2D eigenvalue weighted by atomic mass is 9.92. The highest BCUT2D eigenvalue weighted by molar-refractivity contribution is 7.98. The van der Waals surface area contributed by atoms with Crippen molar-refractivity contribution in [1.29, 1.82) is 0 Å². The summed E-state index contributed by atoms with van der Waals surface area (Å²) in [4.78, 5) is 37.1. The van der Waals surface area contributed by atoms with E-state index in [0.29, 0.717) is 22.6 Å². The molecule has 0 unspecified atom stereocenters. The van der Waals surface area contributed by atoms with Crippen molar-refractivity contribution >= 4 is 34.6 Å². The van der Waals surface area contributed by atoms with Crippen molar-refractivity contribution in [2.24, 2.45) is 0 Å². The SMILES string of the molecule is Cc1c(CC(=O)N[C@@H](CSCc2ccccc2)C(=O)O)c(=O)oc2cc3c(cc12)CCC(C)(C)O3. The van der Waals surface area contributed by atoms with Gasteiger partial charge in [-0.25, -0.2) is 9.59 Å². The lowest BCUT2D eigenvalue weighted by molar-refractivity contribution is -0.141. The number of benzene rings is 2. The number of carbonyl (C=O) groups is 2. The van der Waals surface area contributed by atoms with Gasteiger partial charge in [-0.05, 0) is 56.4 Å². The van der Waals surface area contributed by atoms with E-state index in [1.807, 2.05) is 50.2 Å². The Kier molecular flexibility index (Phi) is 7.21. The maximum Gasteiger partial charge on any atom is 0.340 e. The lowest BCUT2D eigenvalue weighted by Gasteiger charge is -2.32. The van der Waals surface area contributed by atoms with E-state index in [1.165, 1.54) is 11.8 Å². The summed E-state index contributed by atoms with van der Waals surface area (Å²) in [6, 6.07) is 12.3. The molecule has 0 fully saturated rings. The second kappa shape index (κ2) is 10.2. The fourth-order valence-corrected chi connectivity index (χ4v) is 5.20. The number of ether oxygens (including phenoxy) is 1. The number of aliphatic carboxylic acids is 1. The number of rotatable bonds is 8. The number of nitrogens with one attached hydrogen (secondary N) is 1. The van der Waals surface area contributed by atoms with Crippen molar-refractivity contribution < 1.29 is 23.8 Å². The summed E-state index contributed by atoms with van der Waals surface area (Å²) in [5.41, 5.74) is 2.52. The molecule has 0 spiro atoms. The first-order valence-electron chi connectivity index (χ1n) is 11.5. The van der Waals surface area contributed by atoms with E-state index in [2.05, 4.69) is 5.32 Å². The maximum absolute atomic E-state index is 12.7. The average Bonchev–Trinajstić information content (AvgIpc) is 2.80. The number of carboxylic acids is 1. The van der Waals surface area contributed by atoms with Gasteiger partial charge in [0.25, 0.3) is 0 Å². The van der Waals surface area contributed by atoms with Gasteiger partial charge in [0.05, 0.1) is 12.0 Å². The number of fused-ring (bicyclic) bond motifs is 2. The van der Waals surface area contributed by atoms with Gasteiger partial charge in [-0.3, -0.25) is 4.79 Å². The molecule has 1 amide bonds. The Balaban J connectivity index is 1.48. The van der Waals surface area contributed by atoms with Gasteiger partial charge < -0.3 is 19.6 Å². The van der Waals surface area contributed by atoms with Crippen LogP contribution in [-0.4, -0.2) is 34.4 Å². The summed E-state index contributed by atoms with van der Waals surface area (Å²) >= 11 is 1.42. The molecule has 184 valence electrons. The van der Waals surface area contributed by atoms with Crippen LogP contribution in [0.15, 0.2) is 51.7 Å². The van der Waals surface area contributed by atoms with Gasteiger partial charge in [0, 0.05) is 23.0 Å². The van der Waals surface area contributed by atoms with E-state index < -0.39 is 23.5 Å². The molecular formula is C27H29NO6S. The van der Waals surface area contributed by atoms with Crippen LogP contribution in [-0.2, 0) is 28.2 Å². The molecule has 1 atom stereocenters. The van der Waals surface area contributed by atoms with Crippen LogP contribution < -0.4 is 15.7 Å². The van der Waals surface area contributed by atoms with Crippen LogP contribution in [0.2, 0.25) is 0 Å². The number of carboxylic acid groups (broad SMARTS) is 1. The van der Waals surface area contributed by atoms with Crippen LogP contribution in [0.1, 0.15) is 42.5 Å². The standard InChI is InChI=1S/C27H29NO6S/c1-16-19-11-18-9-10-27(2,3)34-22(18)13-23(19)33-26(32)20(16)12-24(29)28-21(25(30)31)15-35-14-17-7-5-4-6-8-17/h4-8,11,13,21H,9-10,12,14-15H2,1-3H3,(H,28,29)(H,30,31)/t21-/m0/s1. The molecule has 0 radical (unpaired) electrons.